The van der Waals surface area contributed by atoms with Gasteiger partial charge in [0.1, 0.15) is 11.9 Å². The lowest BCUT2D eigenvalue weighted by Crippen LogP contribution is -2.45. The van der Waals surface area contributed by atoms with Gasteiger partial charge >= 0.3 is 12.0 Å². The predicted octanol–water partition coefficient (Wildman–Crippen LogP) is 2.19. The van der Waals surface area contributed by atoms with Crippen molar-refractivity contribution in [2.45, 2.75) is 39.3 Å². The van der Waals surface area contributed by atoms with Crippen LogP contribution in [-0.4, -0.2) is 23.1 Å². The number of nitrogens with one attached hydrogen (secondary N) is 2. The van der Waals surface area contributed by atoms with E-state index in [0.717, 1.165) is 5.56 Å². The summed E-state index contributed by atoms with van der Waals surface area (Å²) in [5, 5.41) is 13.8. The van der Waals surface area contributed by atoms with E-state index in [4.69, 9.17) is 5.11 Å². The molecular formula is C14H19FN2O3. The van der Waals surface area contributed by atoms with Crippen molar-refractivity contribution >= 4 is 12.0 Å². The van der Waals surface area contributed by atoms with E-state index in [2.05, 4.69) is 10.6 Å². The number of amides is 2. The smallest absolute Gasteiger partial charge is 0.326 e. The van der Waals surface area contributed by atoms with Gasteiger partial charge in [-0.1, -0.05) is 19.4 Å². The quantitative estimate of drug-likeness (QED) is 0.748. The number of carboxylic acid groups (broad SMARTS) is 1. The second-order valence-corrected chi connectivity index (χ2v) is 4.58. The zero-order valence-electron chi connectivity index (χ0n) is 11.6. The summed E-state index contributed by atoms with van der Waals surface area (Å²) in [5.41, 5.74) is 1.51. The Morgan fingerprint density at radius 3 is 2.70 bits per heavy atom. The fraction of sp³-hybridized carbons (Fsp3) is 0.429. The standard InChI is InChI=1S/C14H19FN2O3/c1-3-4-12(13(18)19)17-14(20)16-8-10-7-11(15)6-5-9(10)2/h5-7,12H,3-4,8H2,1-2H3,(H,18,19)(H2,16,17,20). The molecule has 20 heavy (non-hydrogen) atoms. The highest BCUT2D eigenvalue weighted by atomic mass is 19.1. The van der Waals surface area contributed by atoms with Gasteiger partial charge in [0.2, 0.25) is 0 Å². The number of urea groups is 1. The van der Waals surface area contributed by atoms with E-state index in [1.807, 2.05) is 13.8 Å². The molecule has 1 aromatic rings. The van der Waals surface area contributed by atoms with E-state index in [-0.39, 0.29) is 12.4 Å². The summed E-state index contributed by atoms with van der Waals surface area (Å²) in [7, 11) is 0. The Morgan fingerprint density at radius 2 is 2.10 bits per heavy atom. The van der Waals surface area contributed by atoms with Crippen LogP contribution in [0.1, 0.15) is 30.9 Å². The van der Waals surface area contributed by atoms with Gasteiger partial charge in [0.05, 0.1) is 0 Å². The molecule has 1 aromatic carbocycles. The molecule has 0 fully saturated rings. The van der Waals surface area contributed by atoms with Gasteiger partial charge in [0, 0.05) is 6.54 Å². The van der Waals surface area contributed by atoms with E-state index in [1.54, 1.807) is 6.07 Å². The number of benzene rings is 1. The number of halogens is 1. The van der Waals surface area contributed by atoms with Crippen molar-refractivity contribution in [2.24, 2.45) is 0 Å². The third-order valence-electron chi connectivity index (χ3n) is 2.93. The number of aryl methyl sites for hydroxylation is 1. The van der Waals surface area contributed by atoms with Crippen LogP contribution in [0, 0.1) is 12.7 Å². The second-order valence-electron chi connectivity index (χ2n) is 4.58. The highest BCUT2D eigenvalue weighted by molar-refractivity contribution is 5.82. The van der Waals surface area contributed by atoms with Crippen molar-refractivity contribution in [3.8, 4) is 0 Å². The molecular weight excluding hydrogens is 263 g/mol. The largest absolute Gasteiger partial charge is 0.480 e. The zero-order valence-corrected chi connectivity index (χ0v) is 11.6. The minimum atomic E-state index is -1.07. The van der Waals surface area contributed by atoms with Crippen LogP contribution in [-0.2, 0) is 11.3 Å². The molecule has 5 nitrogen and oxygen atoms in total. The lowest BCUT2D eigenvalue weighted by Gasteiger charge is -2.14. The molecule has 3 N–H and O–H groups in total. The van der Waals surface area contributed by atoms with Gasteiger partial charge in [-0.15, -0.1) is 0 Å². The lowest BCUT2D eigenvalue weighted by molar-refractivity contribution is -0.139. The van der Waals surface area contributed by atoms with Gasteiger partial charge in [-0.3, -0.25) is 0 Å². The van der Waals surface area contributed by atoms with Gasteiger partial charge < -0.3 is 15.7 Å². The molecule has 1 rings (SSSR count). The minimum absolute atomic E-state index is 0.147. The Balaban J connectivity index is 2.54. The van der Waals surface area contributed by atoms with Gasteiger partial charge in [-0.25, -0.2) is 14.0 Å². The summed E-state index contributed by atoms with van der Waals surface area (Å²) >= 11 is 0. The number of hydrogen-bond donors (Lipinski definition) is 3. The molecule has 110 valence electrons. The third kappa shape index (κ3) is 4.87. The highest BCUT2D eigenvalue weighted by Crippen LogP contribution is 2.09. The lowest BCUT2D eigenvalue weighted by atomic mass is 10.1. The van der Waals surface area contributed by atoms with E-state index < -0.39 is 18.0 Å². The molecule has 1 atom stereocenters. The molecule has 2 amide bonds. The Kier molecular flexibility index (Phi) is 5.96. The van der Waals surface area contributed by atoms with Gasteiger partial charge in [-0.2, -0.15) is 0 Å². The fourth-order valence-corrected chi connectivity index (χ4v) is 1.76. The molecule has 0 aliphatic carbocycles. The van der Waals surface area contributed by atoms with Crippen molar-refractivity contribution in [1.82, 2.24) is 10.6 Å². The van der Waals surface area contributed by atoms with Crippen LogP contribution in [0.15, 0.2) is 18.2 Å². The average Bonchev–Trinajstić information content (AvgIpc) is 2.39. The van der Waals surface area contributed by atoms with Crippen LogP contribution in [0.3, 0.4) is 0 Å². The third-order valence-corrected chi connectivity index (χ3v) is 2.93. The average molecular weight is 282 g/mol. The number of aliphatic carboxylic acids is 1. The molecule has 0 saturated carbocycles. The Bertz CT molecular complexity index is 491. The van der Waals surface area contributed by atoms with Crippen LogP contribution in [0.25, 0.3) is 0 Å². The number of hydrogen-bond acceptors (Lipinski definition) is 2. The Hall–Kier alpha value is -2.11. The molecule has 0 bridgehead atoms. The second kappa shape index (κ2) is 7.47. The van der Waals surface area contributed by atoms with Crippen molar-refractivity contribution in [3.63, 3.8) is 0 Å². The van der Waals surface area contributed by atoms with Gasteiger partial charge in [-0.05, 0) is 36.6 Å². The maximum Gasteiger partial charge on any atom is 0.326 e. The predicted molar refractivity (Wildman–Crippen MR) is 72.8 cm³/mol. The Labute approximate surface area is 117 Å². The van der Waals surface area contributed by atoms with Crippen molar-refractivity contribution in [3.05, 3.63) is 35.1 Å². The molecule has 0 aromatic heterocycles. The van der Waals surface area contributed by atoms with Crippen LogP contribution >= 0.6 is 0 Å². The molecule has 0 heterocycles. The summed E-state index contributed by atoms with van der Waals surface area (Å²) < 4.78 is 13.1. The van der Waals surface area contributed by atoms with Crippen LogP contribution in [0.4, 0.5) is 9.18 Å². The van der Waals surface area contributed by atoms with E-state index >= 15 is 0 Å². The maximum atomic E-state index is 13.1. The van der Waals surface area contributed by atoms with Crippen molar-refractivity contribution in [2.75, 3.05) is 0 Å². The van der Waals surface area contributed by atoms with E-state index in [0.29, 0.717) is 18.4 Å². The van der Waals surface area contributed by atoms with Crippen LogP contribution in [0.2, 0.25) is 0 Å². The first-order chi connectivity index (χ1) is 9.43. The molecule has 1 unspecified atom stereocenters. The summed E-state index contributed by atoms with van der Waals surface area (Å²) in [6.07, 6.45) is 1.02. The highest BCUT2D eigenvalue weighted by Gasteiger charge is 2.18. The van der Waals surface area contributed by atoms with E-state index in [9.17, 15) is 14.0 Å². The molecule has 0 saturated heterocycles. The summed E-state index contributed by atoms with van der Waals surface area (Å²) in [5.74, 6) is -1.44. The topological polar surface area (TPSA) is 78.4 Å². The molecule has 0 spiro atoms. The normalized spacial score (nSPS) is 11.8. The molecule has 0 radical (unpaired) electrons. The SMILES string of the molecule is CCCC(NC(=O)NCc1cc(F)ccc1C)C(=O)O. The minimum Gasteiger partial charge on any atom is -0.480 e. The van der Waals surface area contributed by atoms with Crippen LogP contribution in [0.5, 0.6) is 0 Å². The number of carbonyl (C=O) groups excluding carboxylic acids is 1. The first-order valence-electron chi connectivity index (χ1n) is 6.46. The molecule has 0 aliphatic rings. The molecule has 0 aliphatic heterocycles. The monoisotopic (exact) mass is 282 g/mol. The fourth-order valence-electron chi connectivity index (χ4n) is 1.76. The van der Waals surface area contributed by atoms with Gasteiger partial charge in [0.15, 0.2) is 0 Å². The zero-order chi connectivity index (χ0) is 15.1. The van der Waals surface area contributed by atoms with Crippen molar-refractivity contribution in [1.29, 1.82) is 0 Å². The first kappa shape index (κ1) is 15.9. The van der Waals surface area contributed by atoms with Gasteiger partial charge in [0.25, 0.3) is 0 Å². The van der Waals surface area contributed by atoms with E-state index in [1.165, 1.54) is 12.1 Å². The summed E-state index contributed by atoms with van der Waals surface area (Å²) in [4.78, 5) is 22.5. The number of carboxylic acids is 1. The molecule has 6 heteroatoms. The maximum absolute atomic E-state index is 13.1. The van der Waals surface area contributed by atoms with Crippen LogP contribution < -0.4 is 10.6 Å². The van der Waals surface area contributed by atoms with Crippen molar-refractivity contribution < 1.29 is 19.1 Å². The number of carbonyl (C=O) groups is 2. The first-order valence-corrected chi connectivity index (χ1v) is 6.46. The summed E-state index contributed by atoms with van der Waals surface area (Å²) in [6, 6.07) is 2.83. The number of rotatable bonds is 6. The Morgan fingerprint density at radius 1 is 1.40 bits per heavy atom. The summed E-state index contributed by atoms with van der Waals surface area (Å²) in [6.45, 7) is 3.80.